The Morgan fingerprint density at radius 3 is 2.70 bits per heavy atom. The van der Waals surface area contributed by atoms with Gasteiger partial charge in [0.1, 0.15) is 0 Å². The number of benzene rings is 2. The van der Waals surface area contributed by atoms with Crippen molar-refractivity contribution in [3.05, 3.63) is 64.7 Å². The SMILES string of the molecule is CC1CO[C@@H](c2ccc(NC(=O)c3cccc(Cl)c3)cc2)CN1. The van der Waals surface area contributed by atoms with E-state index >= 15 is 0 Å². The third kappa shape index (κ3) is 4.10. The van der Waals surface area contributed by atoms with E-state index in [2.05, 4.69) is 17.6 Å². The summed E-state index contributed by atoms with van der Waals surface area (Å²) in [5, 5.41) is 6.81. The average molecular weight is 331 g/mol. The Labute approximate surface area is 140 Å². The van der Waals surface area contributed by atoms with Crippen LogP contribution in [0.15, 0.2) is 48.5 Å². The molecule has 1 aliphatic rings. The Morgan fingerprint density at radius 2 is 2.04 bits per heavy atom. The molecule has 2 aromatic rings. The van der Waals surface area contributed by atoms with Gasteiger partial charge in [0, 0.05) is 28.9 Å². The number of morpholine rings is 1. The third-order valence-electron chi connectivity index (χ3n) is 3.83. The molecule has 2 atom stereocenters. The Kier molecular flexibility index (Phi) is 4.96. The smallest absolute Gasteiger partial charge is 0.255 e. The summed E-state index contributed by atoms with van der Waals surface area (Å²) in [4.78, 5) is 12.2. The summed E-state index contributed by atoms with van der Waals surface area (Å²) in [7, 11) is 0. The molecule has 0 radical (unpaired) electrons. The molecule has 0 spiro atoms. The summed E-state index contributed by atoms with van der Waals surface area (Å²) in [6.07, 6.45) is 0.0591. The zero-order chi connectivity index (χ0) is 16.2. The second-order valence-electron chi connectivity index (χ2n) is 5.72. The molecular weight excluding hydrogens is 312 g/mol. The fourth-order valence-electron chi connectivity index (χ4n) is 2.51. The van der Waals surface area contributed by atoms with Crippen LogP contribution in [0.5, 0.6) is 0 Å². The first-order valence-electron chi connectivity index (χ1n) is 7.63. The molecule has 4 nitrogen and oxygen atoms in total. The number of hydrogen-bond acceptors (Lipinski definition) is 3. The van der Waals surface area contributed by atoms with Crippen molar-refractivity contribution < 1.29 is 9.53 Å². The molecule has 5 heteroatoms. The molecule has 120 valence electrons. The van der Waals surface area contributed by atoms with Crippen molar-refractivity contribution in [1.29, 1.82) is 0 Å². The van der Waals surface area contributed by atoms with Crippen molar-refractivity contribution in [2.24, 2.45) is 0 Å². The van der Waals surface area contributed by atoms with E-state index in [1.807, 2.05) is 24.3 Å². The highest BCUT2D eigenvalue weighted by atomic mass is 35.5. The molecule has 1 heterocycles. The van der Waals surface area contributed by atoms with Crippen molar-refractivity contribution in [3.63, 3.8) is 0 Å². The van der Waals surface area contributed by atoms with Gasteiger partial charge in [0.2, 0.25) is 0 Å². The first-order chi connectivity index (χ1) is 11.1. The number of carbonyl (C=O) groups excluding carboxylic acids is 1. The molecule has 0 aliphatic carbocycles. The molecule has 1 saturated heterocycles. The maximum Gasteiger partial charge on any atom is 0.255 e. The first kappa shape index (κ1) is 16.0. The largest absolute Gasteiger partial charge is 0.371 e. The summed E-state index contributed by atoms with van der Waals surface area (Å²) in [6, 6.07) is 15.0. The van der Waals surface area contributed by atoms with Gasteiger partial charge in [-0.1, -0.05) is 29.8 Å². The molecule has 2 N–H and O–H groups in total. The normalized spacial score (nSPS) is 21.0. The molecule has 1 fully saturated rings. The van der Waals surface area contributed by atoms with E-state index < -0.39 is 0 Å². The molecule has 2 aromatic carbocycles. The quantitative estimate of drug-likeness (QED) is 0.903. The van der Waals surface area contributed by atoms with Gasteiger partial charge in [0.25, 0.3) is 5.91 Å². The van der Waals surface area contributed by atoms with Crippen LogP contribution in [0.4, 0.5) is 5.69 Å². The van der Waals surface area contributed by atoms with Crippen LogP contribution >= 0.6 is 11.6 Å². The molecule has 0 bridgehead atoms. The van der Waals surface area contributed by atoms with Crippen molar-refractivity contribution in [2.45, 2.75) is 19.1 Å². The summed E-state index contributed by atoms with van der Waals surface area (Å²) in [6.45, 7) is 3.61. The van der Waals surface area contributed by atoms with Gasteiger partial charge in [-0.25, -0.2) is 0 Å². The van der Waals surface area contributed by atoms with E-state index in [1.165, 1.54) is 0 Å². The minimum atomic E-state index is -0.176. The van der Waals surface area contributed by atoms with Crippen LogP contribution in [0.2, 0.25) is 5.02 Å². The zero-order valence-corrected chi connectivity index (χ0v) is 13.6. The molecule has 0 aromatic heterocycles. The number of hydrogen-bond donors (Lipinski definition) is 2. The van der Waals surface area contributed by atoms with Gasteiger partial charge >= 0.3 is 0 Å². The van der Waals surface area contributed by atoms with Crippen LogP contribution in [0, 0.1) is 0 Å². The summed E-state index contributed by atoms with van der Waals surface area (Å²) < 4.78 is 5.82. The highest BCUT2D eigenvalue weighted by molar-refractivity contribution is 6.31. The van der Waals surface area contributed by atoms with E-state index in [9.17, 15) is 4.79 Å². The van der Waals surface area contributed by atoms with Crippen LogP contribution in [-0.4, -0.2) is 25.1 Å². The lowest BCUT2D eigenvalue weighted by Crippen LogP contribution is -2.40. The Balaban J connectivity index is 1.64. The monoisotopic (exact) mass is 330 g/mol. The number of rotatable bonds is 3. The zero-order valence-electron chi connectivity index (χ0n) is 12.9. The summed E-state index contributed by atoms with van der Waals surface area (Å²) in [5.74, 6) is -0.176. The number of anilines is 1. The van der Waals surface area contributed by atoms with Crippen LogP contribution in [0.3, 0.4) is 0 Å². The van der Waals surface area contributed by atoms with E-state index in [0.29, 0.717) is 23.2 Å². The highest BCUT2D eigenvalue weighted by Crippen LogP contribution is 2.22. The molecular formula is C18H19ClN2O2. The van der Waals surface area contributed by atoms with Gasteiger partial charge in [0.05, 0.1) is 12.7 Å². The number of halogens is 1. The lowest BCUT2D eigenvalue weighted by molar-refractivity contribution is 0.00696. The van der Waals surface area contributed by atoms with Gasteiger partial charge in [-0.3, -0.25) is 4.79 Å². The molecule has 23 heavy (non-hydrogen) atoms. The standard InChI is InChI=1S/C18H19ClN2O2/c1-12-11-23-17(10-20-12)13-5-7-16(8-6-13)21-18(22)14-3-2-4-15(19)9-14/h2-9,12,17,20H,10-11H2,1H3,(H,21,22)/t12?,17-/m1/s1. The average Bonchev–Trinajstić information content (AvgIpc) is 2.56. The Bertz CT molecular complexity index is 680. The second kappa shape index (κ2) is 7.13. The van der Waals surface area contributed by atoms with Crippen molar-refractivity contribution in [2.75, 3.05) is 18.5 Å². The van der Waals surface area contributed by atoms with Crippen molar-refractivity contribution >= 4 is 23.2 Å². The minimum absolute atomic E-state index is 0.0591. The van der Waals surface area contributed by atoms with Gasteiger partial charge in [-0.05, 0) is 42.8 Å². The highest BCUT2D eigenvalue weighted by Gasteiger charge is 2.19. The maximum atomic E-state index is 12.2. The van der Waals surface area contributed by atoms with Crippen molar-refractivity contribution in [1.82, 2.24) is 5.32 Å². The van der Waals surface area contributed by atoms with E-state index in [4.69, 9.17) is 16.3 Å². The van der Waals surface area contributed by atoms with Crippen LogP contribution in [0.1, 0.15) is 28.9 Å². The predicted octanol–water partition coefficient (Wildman–Crippen LogP) is 3.64. The third-order valence-corrected chi connectivity index (χ3v) is 4.06. The molecule has 3 rings (SSSR count). The maximum absolute atomic E-state index is 12.2. The van der Waals surface area contributed by atoms with Crippen LogP contribution in [0.25, 0.3) is 0 Å². The second-order valence-corrected chi connectivity index (χ2v) is 6.15. The lowest BCUT2D eigenvalue weighted by atomic mass is 10.1. The molecule has 1 amide bonds. The van der Waals surface area contributed by atoms with Gasteiger partial charge < -0.3 is 15.4 Å². The summed E-state index contributed by atoms with van der Waals surface area (Å²) >= 11 is 5.91. The number of carbonyl (C=O) groups is 1. The number of ether oxygens (including phenoxy) is 1. The minimum Gasteiger partial charge on any atom is -0.371 e. The Hall–Kier alpha value is -1.88. The molecule has 1 unspecified atom stereocenters. The fourth-order valence-corrected chi connectivity index (χ4v) is 2.71. The lowest BCUT2D eigenvalue weighted by Gasteiger charge is -2.28. The first-order valence-corrected chi connectivity index (χ1v) is 8.01. The topological polar surface area (TPSA) is 50.4 Å². The molecule has 1 aliphatic heterocycles. The molecule has 0 saturated carbocycles. The summed E-state index contributed by atoms with van der Waals surface area (Å²) in [5.41, 5.74) is 2.39. The van der Waals surface area contributed by atoms with E-state index in [-0.39, 0.29) is 12.0 Å². The predicted molar refractivity (Wildman–Crippen MR) is 92.0 cm³/mol. The van der Waals surface area contributed by atoms with Gasteiger partial charge in [0.15, 0.2) is 0 Å². The van der Waals surface area contributed by atoms with Crippen LogP contribution in [-0.2, 0) is 4.74 Å². The number of amides is 1. The van der Waals surface area contributed by atoms with E-state index in [1.54, 1.807) is 24.3 Å². The van der Waals surface area contributed by atoms with Crippen molar-refractivity contribution in [3.8, 4) is 0 Å². The Morgan fingerprint density at radius 1 is 1.26 bits per heavy atom. The van der Waals surface area contributed by atoms with Gasteiger partial charge in [-0.2, -0.15) is 0 Å². The van der Waals surface area contributed by atoms with E-state index in [0.717, 1.165) is 17.8 Å². The van der Waals surface area contributed by atoms with Gasteiger partial charge in [-0.15, -0.1) is 0 Å². The van der Waals surface area contributed by atoms with Crippen LogP contribution < -0.4 is 10.6 Å². The number of nitrogens with one attached hydrogen (secondary N) is 2. The fraction of sp³-hybridized carbons (Fsp3) is 0.278.